The van der Waals surface area contributed by atoms with E-state index in [0.717, 1.165) is 12.8 Å². The van der Waals surface area contributed by atoms with E-state index in [1.807, 2.05) is 0 Å². The molecule has 0 N–H and O–H groups in total. The smallest absolute Gasteiger partial charge is 0.233 e. The van der Waals surface area contributed by atoms with Crippen molar-refractivity contribution in [3.63, 3.8) is 0 Å². The molecule has 2 rings (SSSR count). The molecule has 2 amide bonds. The van der Waals surface area contributed by atoms with Crippen molar-refractivity contribution in [3.05, 3.63) is 12.7 Å². The van der Waals surface area contributed by atoms with Gasteiger partial charge in [-0.1, -0.05) is 19.9 Å². The van der Waals surface area contributed by atoms with Gasteiger partial charge in [0.05, 0.1) is 5.54 Å². The van der Waals surface area contributed by atoms with Crippen LogP contribution in [0.15, 0.2) is 12.7 Å². The topological polar surface area (TPSA) is 37.4 Å². The summed E-state index contributed by atoms with van der Waals surface area (Å²) in [5.41, 5.74) is -0.374. The highest BCUT2D eigenvalue weighted by Gasteiger charge is 2.66. The van der Waals surface area contributed by atoms with E-state index in [-0.39, 0.29) is 28.7 Å². The number of nitrogens with zero attached hydrogens (tertiary/aromatic N) is 1. The number of hydrogen-bond acceptors (Lipinski definition) is 2. The largest absolute Gasteiger partial charge is 0.276 e. The van der Waals surface area contributed by atoms with E-state index >= 15 is 0 Å². The zero-order chi connectivity index (χ0) is 12.8. The van der Waals surface area contributed by atoms with Gasteiger partial charge in [-0.2, -0.15) is 0 Å². The highest BCUT2D eigenvalue weighted by Crippen LogP contribution is 2.59. The van der Waals surface area contributed by atoms with Gasteiger partial charge in [0.15, 0.2) is 0 Å². The summed E-state index contributed by atoms with van der Waals surface area (Å²) in [5, 5.41) is 0. The van der Waals surface area contributed by atoms with E-state index in [0.29, 0.717) is 12.8 Å². The number of allylic oxidation sites excluding steroid dienone is 1. The molecule has 2 fully saturated rings. The molecule has 0 radical (unpaired) electrons. The van der Waals surface area contributed by atoms with Gasteiger partial charge in [-0.3, -0.25) is 14.5 Å². The molecule has 2 bridgehead atoms. The van der Waals surface area contributed by atoms with Gasteiger partial charge < -0.3 is 0 Å². The Labute approximate surface area is 103 Å². The summed E-state index contributed by atoms with van der Waals surface area (Å²) in [4.78, 5) is 26.0. The molecule has 0 spiro atoms. The van der Waals surface area contributed by atoms with Crippen molar-refractivity contribution in [2.24, 2.45) is 11.3 Å². The molecular formula is C14H21NO2. The summed E-state index contributed by atoms with van der Waals surface area (Å²) in [6, 6.07) is 0. The number of likely N-dealkylation sites (tertiary alicyclic amines) is 1. The highest BCUT2D eigenvalue weighted by molar-refractivity contribution is 6.00. The van der Waals surface area contributed by atoms with Gasteiger partial charge in [0.1, 0.15) is 0 Å². The standard InChI is InChI=1S/C14H21NO2/c1-5-6-7-11(16)15-12(17)10-8-9-14(15,4)13(10,2)3/h5,10H,1,6-9H2,2-4H3/t10-,14-/m1/s1. The first-order valence-electron chi connectivity index (χ1n) is 6.34. The van der Waals surface area contributed by atoms with Gasteiger partial charge in [0.25, 0.3) is 0 Å². The lowest BCUT2D eigenvalue weighted by atomic mass is 9.75. The molecule has 0 aromatic carbocycles. The number of piperidine rings is 1. The lowest BCUT2D eigenvalue weighted by molar-refractivity contribution is -0.150. The maximum Gasteiger partial charge on any atom is 0.233 e. The van der Waals surface area contributed by atoms with Crippen LogP contribution in [0.5, 0.6) is 0 Å². The van der Waals surface area contributed by atoms with Crippen molar-refractivity contribution in [1.29, 1.82) is 0 Å². The van der Waals surface area contributed by atoms with Crippen LogP contribution in [0.25, 0.3) is 0 Å². The van der Waals surface area contributed by atoms with E-state index in [1.165, 1.54) is 0 Å². The lowest BCUT2D eigenvalue weighted by Crippen LogP contribution is -2.52. The van der Waals surface area contributed by atoms with Gasteiger partial charge >= 0.3 is 0 Å². The van der Waals surface area contributed by atoms with Gasteiger partial charge in [0.2, 0.25) is 11.8 Å². The molecule has 1 aliphatic carbocycles. The predicted molar refractivity (Wildman–Crippen MR) is 66.2 cm³/mol. The maximum atomic E-state index is 12.3. The molecule has 1 saturated heterocycles. The Morgan fingerprint density at radius 1 is 1.53 bits per heavy atom. The number of imide groups is 1. The van der Waals surface area contributed by atoms with Crippen LogP contribution in [0.1, 0.15) is 46.5 Å². The Balaban J connectivity index is 2.28. The van der Waals surface area contributed by atoms with Crippen molar-refractivity contribution in [2.45, 2.75) is 52.0 Å². The SMILES string of the molecule is C=CCCC(=O)N1C(=O)[C@H]2CC[C@]1(C)C2(C)C. The molecule has 0 unspecified atom stereocenters. The Bertz CT molecular complexity index is 386. The summed E-state index contributed by atoms with van der Waals surface area (Å²) in [5.74, 6) is 0.0330. The van der Waals surface area contributed by atoms with Crippen molar-refractivity contribution in [1.82, 2.24) is 4.90 Å². The molecule has 0 aromatic heterocycles. The molecule has 17 heavy (non-hydrogen) atoms. The second kappa shape index (κ2) is 3.69. The number of amides is 2. The molecule has 0 aromatic rings. The predicted octanol–water partition coefficient (Wildman–Crippen LogP) is 2.52. The summed E-state index contributed by atoms with van der Waals surface area (Å²) >= 11 is 0. The molecule has 2 atom stereocenters. The Morgan fingerprint density at radius 2 is 2.18 bits per heavy atom. The zero-order valence-electron chi connectivity index (χ0n) is 11.0. The molecule has 1 heterocycles. The first-order chi connectivity index (χ1) is 7.86. The third kappa shape index (κ3) is 1.41. The first-order valence-corrected chi connectivity index (χ1v) is 6.34. The van der Waals surface area contributed by atoms with Crippen molar-refractivity contribution in [3.8, 4) is 0 Å². The average Bonchev–Trinajstić information content (AvgIpc) is 2.55. The lowest BCUT2D eigenvalue weighted by Gasteiger charge is -2.40. The third-order valence-corrected chi connectivity index (χ3v) is 5.00. The van der Waals surface area contributed by atoms with Gasteiger partial charge in [-0.25, -0.2) is 0 Å². The minimum atomic E-state index is -0.285. The van der Waals surface area contributed by atoms with Crippen LogP contribution in [-0.2, 0) is 9.59 Å². The molecule has 2 aliphatic rings. The van der Waals surface area contributed by atoms with Crippen molar-refractivity contribution < 1.29 is 9.59 Å². The van der Waals surface area contributed by atoms with E-state index in [4.69, 9.17) is 0 Å². The maximum absolute atomic E-state index is 12.3. The van der Waals surface area contributed by atoms with E-state index in [9.17, 15) is 9.59 Å². The number of carbonyl (C=O) groups is 2. The van der Waals surface area contributed by atoms with Gasteiger partial charge in [-0.15, -0.1) is 6.58 Å². The Kier molecular flexibility index (Phi) is 2.68. The zero-order valence-corrected chi connectivity index (χ0v) is 11.0. The molecule has 1 saturated carbocycles. The highest BCUT2D eigenvalue weighted by atomic mass is 16.2. The fourth-order valence-electron chi connectivity index (χ4n) is 3.45. The van der Waals surface area contributed by atoms with Gasteiger partial charge in [-0.05, 0) is 31.6 Å². The van der Waals surface area contributed by atoms with Crippen molar-refractivity contribution >= 4 is 11.8 Å². The molecular weight excluding hydrogens is 214 g/mol. The van der Waals surface area contributed by atoms with Crippen LogP contribution in [0, 0.1) is 11.3 Å². The number of fused-ring (bicyclic) bond motifs is 2. The number of carbonyl (C=O) groups excluding carboxylic acids is 2. The van der Waals surface area contributed by atoms with E-state index < -0.39 is 0 Å². The van der Waals surface area contributed by atoms with E-state index in [1.54, 1.807) is 11.0 Å². The van der Waals surface area contributed by atoms with Crippen LogP contribution < -0.4 is 0 Å². The number of hydrogen-bond donors (Lipinski definition) is 0. The van der Waals surface area contributed by atoms with Crippen LogP contribution in [0.4, 0.5) is 0 Å². The van der Waals surface area contributed by atoms with Crippen molar-refractivity contribution in [2.75, 3.05) is 0 Å². The minimum Gasteiger partial charge on any atom is -0.276 e. The minimum absolute atomic E-state index is 0.0279. The third-order valence-electron chi connectivity index (χ3n) is 5.00. The molecule has 3 heteroatoms. The first kappa shape index (κ1) is 12.3. The molecule has 1 aliphatic heterocycles. The van der Waals surface area contributed by atoms with E-state index in [2.05, 4.69) is 27.4 Å². The Hall–Kier alpha value is -1.12. The van der Waals surface area contributed by atoms with Crippen LogP contribution in [-0.4, -0.2) is 22.3 Å². The van der Waals surface area contributed by atoms with Crippen LogP contribution in [0.3, 0.4) is 0 Å². The number of rotatable bonds is 3. The van der Waals surface area contributed by atoms with Crippen LogP contribution in [0.2, 0.25) is 0 Å². The molecule has 94 valence electrons. The quantitative estimate of drug-likeness (QED) is 0.705. The summed E-state index contributed by atoms with van der Waals surface area (Å²) in [6.07, 6.45) is 4.63. The fraction of sp³-hybridized carbons (Fsp3) is 0.714. The monoisotopic (exact) mass is 235 g/mol. The van der Waals surface area contributed by atoms with Crippen LogP contribution >= 0.6 is 0 Å². The fourth-order valence-corrected chi connectivity index (χ4v) is 3.45. The second-order valence-corrected chi connectivity index (χ2v) is 5.98. The second-order valence-electron chi connectivity index (χ2n) is 5.98. The normalized spacial score (nSPS) is 34.2. The molecule has 3 nitrogen and oxygen atoms in total. The van der Waals surface area contributed by atoms with Gasteiger partial charge in [0, 0.05) is 12.3 Å². The Morgan fingerprint density at radius 3 is 2.65 bits per heavy atom. The summed E-state index contributed by atoms with van der Waals surface area (Å²) in [7, 11) is 0. The summed E-state index contributed by atoms with van der Waals surface area (Å²) in [6.45, 7) is 9.90. The average molecular weight is 235 g/mol. The summed E-state index contributed by atoms with van der Waals surface area (Å²) < 4.78 is 0.